The maximum Gasteiger partial charge on any atom is 0.0973 e. The minimum absolute atomic E-state index is 0.653. The van der Waals surface area contributed by atoms with Crippen LogP contribution in [0.4, 0.5) is 0 Å². The molecule has 1 aromatic carbocycles. The number of pyridine rings is 1. The fourth-order valence-electron chi connectivity index (χ4n) is 2.85. The molecule has 4 rings (SSSR count). The van der Waals surface area contributed by atoms with Crippen LogP contribution in [0.25, 0.3) is 16.9 Å². The van der Waals surface area contributed by atoms with Gasteiger partial charge in [0.15, 0.2) is 0 Å². The molecule has 2 aromatic heterocycles. The maximum atomic E-state index is 4.82. The quantitative estimate of drug-likeness (QED) is 0.785. The van der Waals surface area contributed by atoms with Gasteiger partial charge in [0.25, 0.3) is 0 Å². The van der Waals surface area contributed by atoms with E-state index in [2.05, 4.69) is 35.6 Å². The fraction of sp³-hybridized carbons (Fsp3) is 0.263. The zero-order valence-corrected chi connectivity index (χ0v) is 13.2. The van der Waals surface area contributed by atoms with E-state index in [4.69, 9.17) is 5.10 Å². The van der Waals surface area contributed by atoms with Crippen LogP contribution < -0.4 is 5.32 Å². The van der Waals surface area contributed by atoms with Crippen LogP contribution in [0, 0.1) is 5.92 Å². The molecule has 4 heteroatoms. The molecule has 0 radical (unpaired) electrons. The highest BCUT2D eigenvalue weighted by Crippen LogP contribution is 2.30. The standard InChI is InChI=1S/C19H20N4/c1-14-11-18(14)21-12-16-13-23(17-5-3-2-4-6-17)22-19(16)15-7-9-20-10-8-15/h2-10,13-14,18,21H,11-12H2,1H3. The van der Waals surface area contributed by atoms with Crippen LogP contribution in [0.3, 0.4) is 0 Å². The molecular formula is C19H20N4. The SMILES string of the molecule is CC1CC1NCc1cn(-c2ccccc2)nc1-c1ccncc1. The Morgan fingerprint density at radius 3 is 2.57 bits per heavy atom. The summed E-state index contributed by atoms with van der Waals surface area (Å²) in [6.45, 7) is 3.13. The Bertz CT molecular complexity index is 780. The van der Waals surface area contributed by atoms with Crippen LogP contribution in [-0.4, -0.2) is 20.8 Å². The average molecular weight is 304 g/mol. The number of benzene rings is 1. The Morgan fingerprint density at radius 2 is 1.87 bits per heavy atom. The second kappa shape index (κ2) is 5.97. The van der Waals surface area contributed by atoms with Gasteiger partial charge in [-0.25, -0.2) is 4.68 Å². The summed E-state index contributed by atoms with van der Waals surface area (Å²) >= 11 is 0. The molecule has 1 fully saturated rings. The number of nitrogens with one attached hydrogen (secondary N) is 1. The lowest BCUT2D eigenvalue weighted by Crippen LogP contribution is -2.17. The molecule has 0 spiro atoms. The Kier molecular flexibility index (Phi) is 3.67. The number of rotatable bonds is 5. The fourth-order valence-corrected chi connectivity index (χ4v) is 2.85. The predicted octanol–water partition coefficient (Wildman–Crippen LogP) is 3.43. The molecule has 23 heavy (non-hydrogen) atoms. The summed E-state index contributed by atoms with van der Waals surface area (Å²) in [5.41, 5.74) is 4.43. The number of para-hydroxylation sites is 1. The molecule has 0 bridgehead atoms. The van der Waals surface area contributed by atoms with E-state index < -0.39 is 0 Å². The zero-order valence-electron chi connectivity index (χ0n) is 13.2. The summed E-state index contributed by atoms with van der Waals surface area (Å²) in [5, 5.41) is 8.45. The van der Waals surface area contributed by atoms with E-state index in [0.717, 1.165) is 29.4 Å². The van der Waals surface area contributed by atoms with Crippen LogP contribution in [0.15, 0.2) is 61.1 Å². The highest BCUT2D eigenvalue weighted by atomic mass is 15.3. The predicted molar refractivity (Wildman–Crippen MR) is 91.2 cm³/mol. The third-order valence-electron chi connectivity index (χ3n) is 4.43. The van der Waals surface area contributed by atoms with Crippen molar-refractivity contribution in [1.82, 2.24) is 20.1 Å². The van der Waals surface area contributed by atoms with E-state index in [9.17, 15) is 0 Å². The van der Waals surface area contributed by atoms with Crippen LogP contribution in [0.2, 0.25) is 0 Å². The van der Waals surface area contributed by atoms with Crippen LogP contribution in [0.1, 0.15) is 18.9 Å². The van der Waals surface area contributed by atoms with Gasteiger partial charge in [-0.05, 0) is 36.6 Å². The van der Waals surface area contributed by atoms with E-state index in [1.165, 1.54) is 12.0 Å². The minimum Gasteiger partial charge on any atom is -0.310 e. The van der Waals surface area contributed by atoms with Gasteiger partial charge < -0.3 is 5.32 Å². The topological polar surface area (TPSA) is 42.7 Å². The second-order valence-corrected chi connectivity index (χ2v) is 6.22. The van der Waals surface area contributed by atoms with E-state index in [0.29, 0.717) is 6.04 Å². The molecule has 0 aliphatic heterocycles. The van der Waals surface area contributed by atoms with Crippen molar-refractivity contribution in [3.05, 3.63) is 66.6 Å². The monoisotopic (exact) mass is 304 g/mol. The van der Waals surface area contributed by atoms with Gasteiger partial charge in [0.1, 0.15) is 0 Å². The molecule has 3 aromatic rings. The Labute approximate surface area is 136 Å². The number of hydrogen-bond donors (Lipinski definition) is 1. The Hall–Kier alpha value is -2.46. The Morgan fingerprint density at radius 1 is 1.13 bits per heavy atom. The molecule has 1 saturated carbocycles. The first-order chi connectivity index (χ1) is 11.3. The molecule has 2 heterocycles. The molecule has 0 saturated heterocycles. The summed E-state index contributed by atoms with van der Waals surface area (Å²) in [7, 11) is 0. The molecule has 1 N–H and O–H groups in total. The van der Waals surface area contributed by atoms with Gasteiger partial charge >= 0.3 is 0 Å². The summed E-state index contributed by atoms with van der Waals surface area (Å²) in [6.07, 6.45) is 7.04. The van der Waals surface area contributed by atoms with E-state index in [-0.39, 0.29) is 0 Å². The number of aromatic nitrogens is 3. The first-order valence-corrected chi connectivity index (χ1v) is 8.09. The summed E-state index contributed by atoms with van der Waals surface area (Å²) in [4.78, 5) is 4.11. The zero-order chi connectivity index (χ0) is 15.6. The molecular weight excluding hydrogens is 284 g/mol. The highest BCUT2D eigenvalue weighted by molar-refractivity contribution is 5.62. The third-order valence-corrected chi connectivity index (χ3v) is 4.43. The van der Waals surface area contributed by atoms with Crippen molar-refractivity contribution in [2.45, 2.75) is 25.9 Å². The van der Waals surface area contributed by atoms with Crippen LogP contribution in [0.5, 0.6) is 0 Å². The number of hydrogen-bond acceptors (Lipinski definition) is 3. The highest BCUT2D eigenvalue weighted by Gasteiger charge is 2.32. The Balaban J connectivity index is 1.68. The van der Waals surface area contributed by atoms with Crippen molar-refractivity contribution in [2.24, 2.45) is 5.92 Å². The van der Waals surface area contributed by atoms with Gasteiger partial charge in [0.2, 0.25) is 0 Å². The van der Waals surface area contributed by atoms with Crippen molar-refractivity contribution < 1.29 is 0 Å². The van der Waals surface area contributed by atoms with Gasteiger partial charge in [-0.15, -0.1) is 0 Å². The summed E-state index contributed by atoms with van der Waals surface area (Å²) in [5.74, 6) is 0.795. The van der Waals surface area contributed by atoms with Crippen molar-refractivity contribution >= 4 is 0 Å². The maximum absolute atomic E-state index is 4.82. The molecule has 1 aliphatic rings. The van der Waals surface area contributed by atoms with Crippen molar-refractivity contribution in [2.75, 3.05) is 0 Å². The van der Waals surface area contributed by atoms with Gasteiger partial charge in [0.05, 0.1) is 11.4 Å². The van der Waals surface area contributed by atoms with E-state index in [1.807, 2.05) is 47.4 Å². The molecule has 4 nitrogen and oxygen atoms in total. The first kappa shape index (κ1) is 14.2. The van der Waals surface area contributed by atoms with Crippen molar-refractivity contribution in [3.63, 3.8) is 0 Å². The lowest BCUT2D eigenvalue weighted by Gasteiger charge is -2.03. The normalized spacial score (nSPS) is 19.7. The lowest BCUT2D eigenvalue weighted by atomic mass is 10.1. The van der Waals surface area contributed by atoms with E-state index >= 15 is 0 Å². The van der Waals surface area contributed by atoms with E-state index in [1.54, 1.807) is 0 Å². The summed E-state index contributed by atoms with van der Waals surface area (Å²) < 4.78 is 1.96. The molecule has 0 amide bonds. The largest absolute Gasteiger partial charge is 0.310 e. The van der Waals surface area contributed by atoms with Crippen molar-refractivity contribution in [1.29, 1.82) is 0 Å². The summed E-state index contributed by atoms with van der Waals surface area (Å²) in [6, 6.07) is 14.9. The smallest absolute Gasteiger partial charge is 0.0973 e. The average Bonchev–Trinajstić information content (AvgIpc) is 3.15. The van der Waals surface area contributed by atoms with Crippen molar-refractivity contribution in [3.8, 4) is 16.9 Å². The third kappa shape index (κ3) is 3.03. The molecule has 2 unspecified atom stereocenters. The van der Waals surface area contributed by atoms with Crippen LogP contribution in [-0.2, 0) is 6.54 Å². The van der Waals surface area contributed by atoms with Gasteiger partial charge in [-0.2, -0.15) is 5.10 Å². The second-order valence-electron chi connectivity index (χ2n) is 6.22. The van der Waals surface area contributed by atoms with Gasteiger partial charge in [0, 0.05) is 42.3 Å². The molecule has 1 aliphatic carbocycles. The number of nitrogens with zero attached hydrogens (tertiary/aromatic N) is 3. The van der Waals surface area contributed by atoms with Crippen LogP contribution >= 0.6 is 0 Å². The molecule has 2 atom stereocenters. The van der Waals surface area contributed by atoms with Gasteiger partial charge in [-0.3, -0.25) is 4.98 Å². The molecule has 116 valence electrons. The lowest BCUT2D eigenvalue weighted by molar-refractivity contribution is 0.653. The first-order valence-electron chi connectivity index (χ1n) is 8.09. The van der Waals surface area contributed by atoms with Gasteiger partial charge in [-0.1, -0.05) is 25.1 Å². The minimum atomic E-state index is 0.653.